The number of nitrogens with zero attached hydrogens (tertiary/aromatic N) is 4. The van der Waals surface area contributed by atoms with Crippen molar-refractivity contribution >= 4 is 11.9 Å². The third kappa shape index (κ3) is 3.51. The third-order valence-electron chi connectivity index (χ3n) is 6.46. The molecule has 2 atom stereocenters. The lowest BCUT2D eigenvalue weighted by Crippen LogP contribution is -2.62. The van der Waals surface area contributed by atoms with E-state index in [1.807, 2.05) is 6.07 Å². The normalized spacial score (nSPS) is 23.7. The van der Waals surface area contributed by atoms with Gasteiger partial charge in [-0.05, 0) is 43.9 Å². The number of hydrogen-bond donors (Lipinski definition) is 0. The quantitative estimate of drug-likeness (QED) is 0.699. The van der Waals surface area contributed by atoms with Crippen molar-refractivity contribution in [3.8, 4) is 22.9 Å². The molecular weight excluding hydrogens is 400 g/mol. The van der Waals surface area contributed by atoms with E-state index in [4.69, 9.17) is 14.0 Å². The average molecular weight is 426 g/mol. The lowest BCUT2D eigenvalue weighted by Gasteiger charge is -2.46. The van der Waals surface area contributed by atoms with E-state index in [2.05, 4.69) is 10.1 Å². The molecule has 3 fully saturated rings. The van der Waals surface area contributed by atoms with E-state index in [0.717, 1.165) is 44.1 Å². The SMILES string of the molecule is COc1ccc(-c2noc(CN3C(=O)N(C4CC4)C(=O)C4CCCCC43)n2)cc1OC. The summed E-state index contributed by atoms with van der Waals surface area (Å²) in [6.45, 7) is 0.205. The van der Waals surface area contributed by atoms with Crippen molar-refractivity contribution in [3.05, 3.63) is 24.1 Å². The Labute approximate surface area is 180 Å². The standard InChI is InChI=1S/C22H26N4O5/c1-29-17-10-7-13(11-18(17)30-2)20-23-19(31-24-20)12-25-16-6-4-3-5-15(16)21(27)26(22(25)28)14-8-9-14/h7,10-11,14-16H,3-6,8-9,12H2,1-2H3. The van der Waals surface area contributed by atoms with Crippen molar-refractivity contribution in [1.82, 2.24) is 19.9 Å². The van der Waals surface area contributed by atoms with Crippen LogP contribution in [0.5, 0.6) is 11.5 Å². The van der Waals surface area contributed by atoms with Crippen LogP contribution in [0.3, 0.4) is 0 Å². The number of fused-ring (bicyclic) bond motifs is 1. The van der Waals surface area contributed by atoms with Crippen molar-refractivity contribution < 1.29 is 23.6 Å². The van der Waals surface area contributed by atoms with Gasteiger partial charge in [0.2, 0.25) is 17.6 Å². The Morgan fingerprint density at radius 2 is 1.84 bits per heavy atom. The summed E-state index contributed by atoms with van der Waals surface area (Å²) >= 11 is 0. The molecule has 3 amide bonds. The van der Waals surface area contributed by atoms with Gasteiger partial charge in [-0.25, -0.2) is 4.79 Å². The minimum atomic E-state index is -0.221. The summed E-state index contributed by atoms with van der Waals surface area (Å²) in [5.74, 6) is 1.83. The van der Waals surface area contributed by atoms with E-state index in [1.165, 1.54) is 4.90 Å². The minimum Gasteiger partial charge on any atom is -0.493 e. The molecule has 1 saturated heterocycles. The highest BCUT2D eigenvalue weighted by Gasteiger charge is 2.51. The molecule has 5 rings (SSSR count). The largest absolute Gasteiger partial charge is 0.493 e. The molecular formula is C22H26N4O5. The van der Waals surface area contributed by atoms with Crippen molar-refractivity contribution in [2.24, 2.45) is 5.92 Å². The summed E-state index contributed by atoms with van der Waals surface area (Å²) in [7, 11) is 3.15. The molecule has 31 heavy (non-hydrogen) atoms. The van der Waals surface area contributed by atoms with Gasteiger partial charge in [-0.3, -0.25) is 9.69 Å². The highest BCUT2D eigenvalue weighted by Crippen LogP contribution is 2.40. The lowest BCUT2D eigenvalue weighted by molar-refractivity contribution is -0.141. The molecule has 0 N–H and O–H groups in total. The first-order valence-corrected chi connectivity index (χ1v) is 10.8. The molecule has 9 nitrogen and oxygen atoms in total. The van der Waals surface area contributed by atoms with E-state index in [-0.39, 0.29) is 36.5 Å². The Hall–Kier alpha value is -3.10. The van der Waals surface area contributed by atoms with Crippen molar-refractivity contribution in [3.63, 3.8) is 0 Å². The fraction of sp³-hybridized carbons (Fsp3) is 0.545. The number of aromatic nitrogens is 2. The fourth-order valence-electron chi connectivity index (χ4n) is 4.74. The Balaban J connectivity index is 1.40. The lowest BCUT2D eigenvalue weighted by atomic mass is 9.81. The maximum atomic E-state index is 13.2. The van der Waals surface area contributed by atoms with Crippen LogP contribution >= 0.6 is 0 Å². The van der Waals surface area contributed by atoms with E-state index in [9.17, 15) is 9.59 Å². The molecule has 2 unspecified atom stereocenters. The minimum absolute atomic E-state index is 0.00463. The molecule has 2 aliphatic carbocycles. The number of urea groups is 1. The first-order valence-electron chi connectivity index (χ1n) is 10.8. The van der Waals surface area contributed by atoms with Gasteiger partial charge in [-0.15, -0.1) is 0 Å². The van der Waals surface area contributed by atoms with Crippen LogP contribution < -0.4 is 9.47 Å². The van der Waals surface area contributed by atoms with E-state index in [1.54, 1.807) is 31.3 Å². The number of methoxy groups -OCH3 is 2. The van der Waals surface area contributed by atoms with Crippen LogP contribution in [0.4, 0.5) is 4.79 Å². The second-order valence-corrected chi connectivity index (χ2v) is 8.39. The summed E-state index contributed by atoms with van der Waals surface area (Å²) in [5.41, 5.74) is 0.725. The predicted octanol–water partition coefficient (Wildman–Crippen LogP) is 3.24. The zero-order valence-corrected chi connectivity index (χ0v) is 17.7. The summed E-state index contributed by atoms with van der Waals surface area (Å²) in [5, 5.41) is 4.09. The molecule has 1 aliphatic heterocycles. The molecule has 0 radical (unpaired) electrons. The summed E-state index contributed by atoms with van der Waals surface area (Å²) < 4.78 is 16.1. The van der Waals surface area contributed by atoms with Crippen molar-refractivity contribution in [2.75, 3.05) is 14.2 Å². The summed E-state index contributed by atoms with van der Waals surface area (Å²) in [6.07, 6.45) is 5.49. The monoisotopic (exact) mass is 426 g/mol. The first kappa shape index (κ1) is 19.8. The molecule has 164 valence electrons. The van der Waals surface area contributed by atoms with Crippen LogP contribution in [0, 0.1) is 5.92 Å². The van der Waals surface area contributed by atoms with Crippen LogP contribution in [-0.2, 0) is 11.3 Å². The van der Waals surface area contributed by atoms with Gasteiger partial charge in [-0.2, -0.15) is 4.98 Å². The van der Waals surface area contributed by atoms with Crippen LogP contribution in [0.2, 0.25) is 0 Å². The third-order valence-corrected chi connectivity index (χ3v) is 6.46. The smallest absolute Gasteiger partial charge is 0.327 e. The topological polar surface area (TPSA) is 98.0 Å². The number of carbonyl (C=O) groups is 2. The zero-order chi connectivity index (χ0) is 21.5. The van der Waals surface area contributed by atoms with E-state index < -0.39 is 0 Å². The Morgan fingerprint density at radius 3 is 2.58 bits per heavy atom. The number of imide groups is 1. The Kier molecular flexibility index (Phi) is 5.03. The molecule has 1 aromatic heterocycles. The van der Waals surface area contributed by atoms with E-state index in [0.29, 0.717) is 23.2 Å². The molecule has 0 bridgehead atoms. The van der Waals surface area contributed by atoms with Crippen LogP contribution in [0.15, 0.2) is 22.7 Å². The highest BCUT2D eigenvalue weighted by atomic mass is 16.5. The van der Waals surface area contributed by atoms with E-state index >= 15 is 0 Å². The molecule has 9 heteroatoms. The summed E-state index contributed by atoms with van der Waals surface area (Å²) in [4.78, 5) is 33.9. The predicted molar refractivity (Wildman–Crippen MR) is 109 cm³/mol. The fourth-order valence-corrected chi connectivity index (χ4v) is 4.74. The van der Waals surface area contributed by atoms with Crippen LogP contribution in [-0.4, -0.2) is 58.2 Å². The second kappa shape index (κ2) is 7.86. The van der Waals surface area contributed by atoms with Gasteiger partial charge in [-0.1, -0.05) is 18.0 Å². The Morgan fingerprint density at radius 1 is 1.06 bits per heavy atom. The molecule has 2 saturated carbocycles. The number of benzene rings is 1. The maximum absolute atomic E-state index is 13.2. The van der Waals surface area contributed by atoms with Gasteiger partial charge in [0.1, 0.15) is 6.54 Å². The van der Waals surface area contributed by atoms with Gasteiger partial charge in [0, 0.05) is 17.6 Å². The summed E-state index contributed by atoms with van der Waals surface area (Å²) in [6, 6.07) is 5.12. The molecule has 2 heterocycles. The van der Waals surface area contributed by atoms with Gasteiger partial charge in [0.05, 0.1) is 20.1 Å². The van der Waals surface area contributed by atoms with Crippen LogP contribution in [0.25, 0.3) is 11.4 Å². The number of hydrogen-bond acceptors (Lipinski definition) is 7. The number of carbonyl (C=O) groups excluding carboxylic acids is 2. The van der Waals surface area contributed by atoms with Gasteiger partial charge in [0.25, 0.3) is 0 Å². The molecule has 3 aliphatic rings. The average Bonchev–Trinajstić information content (AvgIpc) is 3.52. The van der Waals surface area contributed by atoms with Gasteiger partial charge < -0.3 is 18.9 Å². The maximum Gasteiger partial charge on any atom is 0.327 e. The molecule has 1 aromatic carbocycles. The number of rotatable bonds is 6. The van der Waals surface area contributed by atoms with Crippen molar-refractivity contribution in [1.29, 1.82) is 0 Å². The van der Waals surface area contributed by atoms with Gasteiger partial charge >= 0.3 is 6.03 Å². The number of amides is 3. The Bertz CT molecular complexity index is 1000. The van der Waals surface area contributed by atoms with Crippen molar-refractivity contribution in [2.45, 2.75) is 57.2 Å². The highest BCUT2D eigenvalue weighted by molar-refractivity contribution is 5.99. The molecule has 2 aromatic rings. The van der Waals surface area contributed by atoms with Crippen LogP contribution in [0.1, 0.15) is 44.4 Å². The second-order valence-electron chi connectivity index (χ2n) is 8.39. The van der Waals surface area contributed by atoms with Gasteiger partial charge in [0.15, 0.2) is 11.5 Å². The molecule has 0 spiro atoms. The zero-order valence-electron chi connectivity index (χ0n) is 17.7. The number of ether oxygens (including phenoxy) is 2. The first-order chi connectivity index (χ1) is 15.1.